The zero-order valence-corrected chi connectivity index (χ0v) is 13.4. The summed E-state index contributed by atoms with van der Waals surface area (Å²) in [6.45, 7) is 0. The summed E-state index contributed by atoms with van der Waals surface area (Å²) in [6.07, 6.45) is 1.53. The van der Waals surface area contributed by atoms with Crippen molar-refractivity contribution in [3.8, 4) is 0 Å². The van der Waals surface area contributed by atoms with Crippen molar-refractivity contribution in [3.05, 3.63) is 58.1 Å². The minimum Gasteiger partial charge on any atom is -0.326 e. The number of anilines is 2. The molecule has 0 bridgehead atoms. The van der Waals surface area contributed by atoms with E-state index >= 15 is 0 Å². The van der Waals surface area contributed by atoms with Gasteiger partial charge in [0.15, 0.2) is 0 Å². The lowest BCUT2D eigenvalue weighted by Crippen LogP contribution is -2.19. The van der Waals surface area contributed by atoms with Crippen LogP contribution in [-0.2, 0) is 22.4 Å². The standard InChI is InChI=1S/C17H15BrN2O2/c18-13-4-1-11(2-5-13)9-17(22)19-14-6-7-15-12(10-14)3-8-16(21)20-15/h1-2,4-7,10H,3,8-9H2,(H,19,22)(H,20,21). The van der Waals surface area contributed by atoms with Gasteiger partial charge in [-0.1, -0.05) is 28.1 Å². The number of halogens is 1. The van der Waals surface area contributed by atoms with Gasteiger partial charge in [0.1, 0.15) is 0 Å². The summed E-state index contributed by atoms with van der Waals surface area (Å²) in [5, 5.41) is 5.73. The van der Waals surface area contributed by atoms with E-state index in [2.05, 4.69) is 26.6 Å². The van der Waals surface area contributed by atoms with Gasteiger partial charge in [0.2, 0.25) is 11.8 Å². The summed E-state index contributed by atoms with van der Waals surface area (Å²) in [6, 6.07) is 13.3. The molecule has 0 unspecified atom stereocenters. The van der Waals surface area contributed by atoms with E-state index in [4.69, 9.17) is 0 Å². The van der Waals surface area contributed by atoms with Gasteiger partial charge >= 0.3 is 0 Å². The molecule has 2 aromatic rings. The van der Waals surface area contributed by atoms with Crippen LogP contribution in [0, 0.1) is 0 Å². The Balaban J connectivity index is 1.66. The highest BCUT2D eigenvalue weighted by atomic mass is 79.9. The number of rotatable bonds is 3. The summed E-state index contributed by atoms with van der Waals surface area (Å²) in [5.41, 5.74) is 3.62. The van der Waals surface area contributed by atoms with E-state index in [0.717, 1.165) is 27.0 Å². The molecule has 0 aliphatic carbocycles. The molecule has 0 saturated carbocycles. The number of carbonyl (C=O) groups is 2. The number of hydrogen-bond donors (Lipinski definition) is 2. The first-order valence-corrected chi connectivity index (χ1v) is 7.86. The molecule has 5 heteroatoms. The smallest absolute Gasteiger partial charge is 0.228 e. The molecule has 0 radical (unpaired) electrons. The Morgan fingerprint density at radius 3 is 2.68 bits per heavy atom. The summed E-state index contributed by atoms with van der Waals surface area (Å²) < 4.78 is 0.994. The average molecular weight is 359 g/mol. The van der Waals surface area contributed by atoms with Crippen LogP contribution >= 0.6 is 15.9 Å². The zero-order valence-electron chi connectivity index (χ0n) is 11.9. The lowest BCUT2D eigenvalue weighted by molar-refractivity contribution is -0.117. The van der Waals surface area contributed by atoms with Crippen molar-refractivity contribution in [2.24, 2.45) is 0 Å². The van der Waals surface area contributed by atoms with Gasteiger partial charge in [0, 0.05) is 22.3 Å². The first-order chi connectivity index (χ1) is 10.6. The quantitative estimate of drug-likeness (QED) is 0.881. The van der Waals surface area contributed by atoms with E-state index in [1.807, 2.05) is 42.5 Å². The van der Waals surface area contributed by atoms with Crippen molar-refractivity contribution in [2.75, 3.05) is 10.6 Å². The Labute approximate surface area is 137 Å². The van der Waals surface area contributed by atoms with Crippen LogP contribution in [0.1, 0.15) is 17.5 Å². The highest BCUT2D eigenvalue weighted by molar-refractivity contribution is 9.10. The Bertz CT molecular complexity index is 726. The molecule has 0 aromatic heterocycles. The second-order valence-corrected chi connectivity index (χ2v) is 6.19. The number of benzene rings is 2. The molecule has 1 aliphatic heterocycles. The van der Waals surface area contributed by atoms with Crippen molar-refractivity contribution in [3.63, 3.8) is 0 Å². The van der Waals surface area contributed by atoms with E-state index in [0.29, 0.717) is 19.3 Å². The summed E-state index contributed by atoms with van der Waals surface area (Å²) in [4.78, 5) is 23.4. The normalized spacial score (nSPS) is 13.2. The molecule has 2 N–H and O–H groups in total. The number of carbonyl (C=O) groups excluding carboxylic acids is 2. The van der Waals surface area contributed by atoms with E-state index in [-0.39, 0.29) is 11.8 Å². The number of nitrogens with one attached hydrogen (secondary N) is 2. The second kappa shape index (κ2) is 6.32. The maximum Gasteiger partial charge on any atom is 0.228 e. The van der Waals surface area contributed by atoms with Crippen molar-refractivity contribution in [1.82, 2.24) is 0 Å². The molecular formula is C17H15BrN2O2. The molecule has 1 heterocycles. The maximum absolute atomic E-state index is 12.1. The van der Waals surface area contributed by atoms with Crippen molar-refractivity contribution < 1.29 is 9.59 Å². The predicted molar refractivity (Wildman–Crippen MR) is 89.9 cm³/mol. The van der Waals surface area contributed by atoms with Crippen LogP contribution in [0.2, 0.25) is 0 Å². The van der Waals surface area contributed by atoms with E-state index in [1.165, 1.54) is 0 Å². The maximum atomic E-state index is 12.1. The third kappa shape index (κ3) is 3.54. The van der Waals surface area contributed by atoms with E-state index in [1.54, 1.807) is 0 Å². The monoisotopic (exact) mass is 358 g/mol. The fourth-order valence-corrected chi connectivity index (χ4v) is 2.72. The van der Waals surface area contributed by atoms with Crippen LogP contribution < -0.4 is 10.6 Å². The molecule has 112 valence electrons. The molecule has 0 fully saturated rings. The number of amides is 2. The molecule has 0 saturated heterocycles. The predicted octanol–water partition coefficient (Wildman–Crippen LogP) is 3.52. The molecule has 2 amide bonds. The Morgan fingerprint density at radius 1 is 1.14 bits per heavy atom. The van der Waals surface area contributed by atoms with Crippen LogP contribution in [-0.4, -0.2) is 11.8 Å². The van der Waals surface area contributed by atoms with Crippen molar-refractivity contribution in [2.45, 2.75) is 19.3 Å². The van der Waals surface area contributed by atoms with Gasteiger partial charge < -0.3 is 10.6 Å². The van der Waals surface area contributed by atoms with E-state index < -0.39 is 0 Å². The fraction of sp³-hybridized carbons (Fsp3) is 0.176. The third-order valence-electron chi connectivity index (χ3n) is 3.56. The van der Waals surface area contributed by atoms with Gasteiger partial charge in [-0.05, 0) is 47.9 Å². The molecule has 3 rings (SSSR count). The molecular weight excluding hydrogens is 344 g/mol. The second-order valence-electron chi connectivity index (χ2n) is 5.27. The van der Waals surface area contributed by atoms with E-state index in [9.17, 15) is 9.59 Å². The number of aryl methyl sites for hydroxylation is 1. The summed E-state index contributed by atoms with van der Waals surface area (Å²) in [7, 11) is 0. The molecule has 1 aliphatic rings. The third-order valence-corrected chi connectivity index (χ3v) is 4.09. The zero-order chi connectivity index (χ0) is 15.5. The van der Waals surface area contributed by atoms with Gasteiger partial charge in [0.05, 0.1) is 6.42 Å². The van der Waals surface area contributed by atoms with Gasteiger partial charge in [-0.15, -0.1) is 0 Å². The lowest BCUT2D eigenvalue weighted by Gasteiger charge is -2.17. The lowest BCUT2D eigenvalue weighted by atomic mass is 10.0. The number of hydrogen-bond acceptors (Lipinski definition) is 2. The van der Waals surface area contributed by atoms with Crippen LogP contribution in [0.4, 0.5) is 11.4 Å². The van der Waals surface area contributed by atoms with Gasteiger partial charge in [-0.3, -0.25) is 9.59 Å². The van der Waals surface area contributed by atoms with Crippen molar-refractivity contribution >= 4 is 39.1 Å². The highest BCUT2D eigenvalue weighted by Gasteiger charge is 2.15. The molecule has 4 nitrogen and oxygen atoms in total. The summed E-state index contributed by atoms with van der Waals surface area (Å²) in [5.74, 6) is -0.0124. The summed E-state index contributed by atoms with van der Waals surface area (Å²) >= 11 is 3.37. The largest absolute Gasteiger partial charge is 0.326 e. The van der Waals surface area contributed by atoms with Crippen LogP contribution in [0.25, 0.3) is 0 Å². The van der Waals surface area contributed by atoms with Crippen LogP contribution in [0.3, 0.4) is 0 Å². The minimum atomic E-state index is -0.0536. The minimum absolute atomic E-state index is 0.0412. The molecule has 0 atom stereocenters. The molecule has 0 spiro atoms. The van der Waals surface area contributed by atoms with Crippen LogP contribution in [0.15, 0.2) is 46.9 Å². The molecule has 2 aromatic carbocycles. The van der Waals surface area contributed by atoms with Gasteiger partial charge in [-0.2, -0.15) is 0 Å². The van der Waals surface area contributed by atoms with Crippen molar-refractivity contribution in [1.29, 1.82) is 0 Å². The first kappa shape index (κ1) is 14.8. The van der Waals surface area contributed by atoms with Gasteiger partial charge in [0.25, 0.3) is 0 Å². The Morgan fingerprint density at radius 2 is 1.91 bits per heavy atom. The van der Waals surface area contributed by atoms with Crippen LogP contribution in [0.5, 0.6) is 0 Å². The number of fused-ring (bicyclic) bond motifs is 1. The average Bonchev–Trinajstić information content (AvgIpc) is 2.50. The molecule has 22 heavy (non-hydrogen) atoms. The fourth-order valence-electron chi connectivity index (χ4n) is 2.45. The topological polar surface area (TPSA) is 58.2 Å². The highest BCUT2D eigenvalue weighted by Crippen LogP contribution is 2.25. The Kier molecular flexibility index (Phi) is 4.24. The Hall–Kier alpha value is -2.14. The first-order valence-electron chi connectivity index (χ1n) is 7.07. The van der Waals surface area contributed by atoms with Gasteiger partial charge in [-0.25, -0.2) is 0 Å². The SMILES string of the molecule is O=C(Cc1ccc(Br)cc1)Nc1ccc2c(c1)CCC(=O)N2.